The Hall–Kier alpha value is -3.50. The number of anilines is 1. The molecule has 1 aliphatic rings. The van der Waals surface area contributed by atoms with Crippen molar-refractivity contribution in [2.45, 2.75) is 11.8 Å². The van der Waals surface area contributed by atoms with Crippen molar-refractivity contribution in [2.24, 2.45) is 11.7 Å². The number of hydrogen-bond acceptors (Lipinski definition) is 5. The fourth-order valence-corrected chi connectivity index (χ4v) is 3.56. The van der Waals surface area contributed by atoms with Crippen molar-refractivity contribution in [2.75, 3.05) is 32.1 Å². The van der Waals surface area contributed by atoms with Crippen LogP contribution in [0.4, 0.5) is 24.2 Å². The van der Waals surface area contributed by atoms with E-state index in [1.165, 1.54) is 42.4 Å². The van der Waals surface area contributed by atoms with Crippen molar-refractivity contribution in [1.82, 2.24) is 15.2 Å². The number of nitrogens with two attached hydrogens (primary N) is 1. The summed E-state index contributed by atoms with van der Waals surface area (Å²) < 4.78 is 32.4. The smallest absolute Gasteiger partial charge is 0.413 e. The summed E-state index contributed by atoms with van der Waals surface area (Å²) >= 11 is 6.05. The van der Waals surface area contributed by atoms with Gasteiger partial charge in [-0.15, -0.1) is 11.6 Å². The minimum atomic E-state index is -0.856. The molecule has 0 fully saturated rings. The van der Waals surface area contributed by atoms with E-state index in [1.54, 1.807) is 24.3 Å². The third-order valence-electron chi connectivity index (χ3n) is 5.29. The van der Waals surface area contributed by atoms with Crippen molar-refractivity contribution >= 4 is 40.3 Å². The van der Waals surface area contributed by atoms with Crippen LogP contribution in [0.15, 0.2) is 66.3 Å². The van der Waals surface area contributed by atoms with Crippen molar-refractivity contribution in [3.63, 3.8) is 0 Å². The third-order valence-corrected chi connectivity index (χ3v) is 5.82. The lowest BCUT2D eigenvalue weighted by Crippen LogP contribution is -2.41. The molecule has 2 aromatic rings. The highest BCUT2D eigenvalue weighted by atomic mass is 35.5. The van der Waals surface area contributed by atoms with Gasteiger partial charge in [-0.1, -0.05) is 18.2 Å². The fourth-order valence-electron chi connectivity index (χ4n) is 3.31. The van der Waals surface area contributed by atoms with Crippen LogP contribution in [-0.2, 0) is 4.74 Å². The second-order valence-electron chi connectivity index (χ2n) is 7.78. The molecule has 2 unspecified atom stereocenters. The number of halogens is 3. The largest absolute Gasteiger partial charge is 0.443 e. The number of nitrogens with zero attached hydrogens (tertiary/aromatic N) is 2. The number of carbonyl (C=O) groups excluding carboxylic acids is 2. The number of urea groups is 1. The molecule has 0 saturated carbocycles. The lowest BCUT2D eigenvalue weighted by molar-refractivity contribution is 0.161. The summed E-state index contributed by atoms with van der Waals surface area (Å²) in [5.74, 6) is -1.09. The molecular weight excluding hydrogens is 480 g/mol. The minimum Gasteiger partial charge on any atom is -0.443 e. The van der Waals surface area contributed by atoms with Gasteiger partial charge >= 0.3 is 12.1 Å². The molecule has 0 bridgehead atoms. The standard InChI is InChI=1S/C24H26ClF2N5O3/c1-32(23(33)30-13-16-4-2-6-20(27)22(16)25)19(5-3-9-28)14-35-24(34)31-21-11-17-10-18(26)8-7-15(17)12-29-21/h2,4-8,10-12,16,22H,3,9,13-14,28H2,1H3,(H,30,33)(H,29,31,34)/b19-5-. The lowest BCUT2D eigenvalue weighted by Gasteiger charge is -2.25. The van der Waals surface area contributed by atoms with Crippen LogP contribution < -0.4 is 16.4 Å². The molecule has 1 aliphatic carbocycles. The Morgan fingerprint density at radius 1 is 1.29 bits per heavy atom. The molecule has 8 nitrogen and oxygen atoms in total. The van der Waals surface area contributed by atoms with Crippen LogP contribution in [0.25, 0.3) is 10.8 Å². The first-order valence-electron chi connectivity index (χ1n) is 10.9. The van der Waals surface area contributed by atoms with Gasteiger partial charge in [0.05, 0.1) is 11.1 Å². The molecule has 2 atom stereocenters. The van der Waals surface area contributed by atoms with Gasteiger partial charge in [0, 0.05) is 31.1 Å². The maximum atomic E-state index is 13.7. The van der Waals surface area contributed by atoms with E-state index < -0.39 is 35.1 Å². The van der Waals surface area contributed by atoms with E-state index in [2.05, 4.69) is 15.6 Å². The van der Waals surface area contributed by atoms with Gasteiger partial charge in [-0.25, -0.2) is 23.4 Å². The van der Waals surface area contributed by atoms with Gasteiger partial charge in [0.1, 0.15) is 24.1 Å². The molecule has 0 aliphatic heterocycles. The zero-order valence-electron chi connectivity index (χ0n) is 19.0. The number of nitrogens with one attached hydrogen (secondary N) is 2. The van der Waals surface area contributed by atoms with Crippen LogP contribution in [0.1, 0.15) is 6.42 Å². The van der Waals surface area contributed by atoms with Crippen molar-refractivity contribution in [1.29, 1.82) is 0 Å². The van der Waals surface area contributed by atoms with Gasteiger partial charge in [-0.2, -0.15) is 0 Å². The van der Waals surface area contributed by atoms with Crippen LogP contribution >= 0.6 is 11.6 Å². The first kappa shape index (κ1) is 26.1. The molecule has 1 aromatic heterocycles. The normalized spacial score (nSPS) is 17.6. The second-order valence-corrected chi connectivity index (χ2v) is 8.25. The topological polar surface area (TPSA) is 110 Å². The van der Waals surface area contributed by atoms with Gasteiger partial charge in [0.25, 0.3) is 0 Å². The molecule has 3 rings (SSSR count). The average Bonchev–Trinajstić information content (AvgIpc) is 2.84. The molecule has 0 spiro atoms. The summed E-state index contributed by atoms with van der Waals surface area (Å²) in [4.78, 5) is 30.3. The number of hydrogen-bond donors (Lipinski definition) is 3. The monoisotopic (exact) mass is 505 g/mol. The van der Waals surface area contributed by atoms with Crippen LogP contribution in [0, 0.1) is 11.7 Å². The predicted octanol–water partition coefficient (Wildman–Crippen LogP) is 4.44. The van der Waals surface area contributed by atoms with E-state index in [0.717, 1.165) is 0 Å². The lowest BCUT2D eigenvalue weighted by atomic mass is 9.99. The van der Waals surface area contributed by atoms with Gasteiger partial charge in [-0.05, 0) is 48.7 Å². The quantitative estimate of drug-likeness (QED) is 0.459. The van der Waals surface area contributed by atoms with E-state index in [4.69, 9.17) is 22.1 Å². The van der Waals surface area contributed by atoms with E-state index in [1.807, 2.05) is 0 Å². The first-order chi connectivity index (χ1) is 16.8. The highest BCUT2D eigenvalue weighted by Gasteiger charge is 2.25. The SMILES string of the molecule is CN(C(=O)NCC1C=CC=C(F)C1Cl)/C(=C\CCN)COC(=O)Nc1cc2cc(F)ccc2cn1. The molecule has 3 amide bonds. The molecular formula is C24H26ClF2N5O3. The van der Waals surface area contributed by atoms with E-state index in [9.17, 15) is 18.4 Å². The molecule has 35 heavy (non-hydrogen) atoms. The summed E-state index contributed by atoms with van der Waals surface area (Å²) in [6.45, 7) is 0.223. The Kier molecular flexibility index (Phi) is 9.16. The Bertz CT molecular complexity index is 1170. The van der Waals surface area contributed by atoms with Crippen LogP contribution in [0.3, 0.4) is 0 Å². The van der Waals surface area contributed by atoms with Crippen molar-refractivity contribution < 1.29 is 23.1 Å². The van der Waals surface area contributed by atoms with Crippen LogP contribution in [-0.4, -0.2) is 54.1 Å². The number of amides is 3. The third kappa shape index (κ3) is 7.24. The maximum Gasteiger partial charge on any atom is 0.413 e. The molecule has 0 saturated heterocycles. The molecule has 1 heterocycles. The van der Waals surface area contributed by atoms with Crippen molar-refractivity contribution in [3.05, 3.63) is 72.1 Å². The Morgan fingerprint density at radius 2 is 2.09 bits per heavy atom. The summed E-state index contributed by atoms with van der Waals surface area (Å²) in [6, 6.07) is 5.27. The Labute approximate surface area is 206 Å². The molecule has 0 radical (unpaired) electrons. The number of benzene rings is 1. The number of ether oxygens (including phenoxy) is 1. The van der Waals surface area contributed by atoms with Crippen LogP contribution in [0.2, 0.25) is 0 Å². The number of rotatable bonds is 8. The molecule has 11 heteroatoms. The Morgan fingerprint density at radius 3 is 2.86 bits per heavy atom. The summed E-state index contributed by atoms with van der Waals surface area (Å²) in [5, 5.41) is 5.61. The van der Waals surface area contributed by atoms with E-state index in [0.29, 0.717) is 29.4 Å². The summed E-state index contributed by atoms with van der Waals surface area (Å²) in [7, 11) is 1.51. The molecule has 4 N–H and O–H groups in total. The van der Waals surface area contributed by atoms with Gasteiger partial charge in [0.15, 0.2) is 0 Å². The summed E-state index contributed by atoms with van der Waals surface area (Å²) in [5.41, 5.74) is 5.96. The van der Waals surface area contributed by atoms with E-state index in [-0.39, 0.29) is 19.0 Å². The number of allylic oxidation sites excluding steroid dienone is 3. The number of alkyl halides is 1. The number of carbonyl (C=O) groups is 2. The van der Waals surface area contributed by atoms with Gasteiger partial charge in [-0.3, -0.25) is 10.2 Å². The number of likely N-dealkylation sites (N-methyl/N-ethyl adjacent to an activating group) is 1. The second kappa shape index (κ2) is 12.3. The summed E-state index contributed by atoms with van der Waals surface area (Å²) in [6.07, 6.45) is 7.37. The fraction of sp³-hybridized carbons (Fsp3) is 0.292. The van der Waals surface area contributed by atoms with Gasteiger partial charge < -0.3 is 15.8 Å². The van der Waals surface area contributed by atoms with Gasteiger partial charge in [0.2, 0.25) is 0 Å². The highest BCUT2D eigenvalue weighted by Crippen LogP contribution is 2.25. The number of aromatic nitrogens is 1. The zero-order valence-corrected chi connectivity index (χ0v) is 19.8. The zero-order chi connectivity index (χ0) is 25.4. The average molecular weight is 506 g/mol. The predicted molar refractivity (Wildman–Crippen MR) is 131 cm³/mol. The first-order valence-corrected chi connectivity index (χ1v) is 11.3. The van der Waals surface area contributed by atoms with Crippen LogP contribution in [0.5, 0.6) is 0 Å². The van der Waals surface area contributed by atoms with E-state index >= 15 is 0 Å². The molecule has 186 valence electrons. The molecule has 1 aromatic carbocycles. The number of pyridine rings is 1. The number of fused-ring (bicyclic) bond motifs is 1. The Balaban J connectivity index is 1.56. The van der Waals surface area contributed by atoms with Crippen molar-refractivity contribution in [3.8, 4) is 0 Å². The highest BCUT2D eigenvalue weighted by molar-refractivity contribution is 6.22. The minimum absolute atomic E-state index is 0.120. The maximum absolute atomic E-state index is 13.7.